The SMILES string of the molecule is COc1ccc(N(CCC(=O)Nc2cc(C)on2)S(C)(=O)=O)cc1. The van der Waals surface area contributed by atoms with Gasteiger partial charge in [-0.1, -0.05) is 5.16 Å². The van der Waals surface area contributed by atoms with Gasteiger partial charge in [0.25, 0.3) is 0 Å². The summed E-state index contributed by atoms with van der Waals surface area (Å²) in [5, 5.41) is 6.21. The number of carbonyl (C=O) groups excluding carboxylic acids is 1. The van der Waals surface area contributed by atoms with Crippen LogP contribution < -0.4 is 14.4 Å². The first-order valence-corrected chi connectivity index (χ1v) is 8.99. The number of hydrogen-bond donors (Lipinski definition) is 1. The summed E-state index contributed by atoms with van der Waals surface area (Å²) in [5.41, 5.74) is 0.461. The fourth-order valence-corrected chi connectivity index (χ4v) is 3.00. The lowest BCUT2D eigenvalue weighted by Gasteiger charge is -2.22. The van der Waals surface area contributed by atoms with Gasteiger partial charge in [-0.25, -0.2) is 8.42 Å². The molecule has 1 N–H and O–H groups in total. The molecule has 0 aliphatic carbocycles. The van der Waals surface area contributed by atoms with Crippen molar-refractivity contribution >= 4 is 27.4 Å². The highest BCUT2D eigenvalue weighted by atomic mass is 32.2. The van der Waals surface area contributed by atoms with Gasteiger partial charge in [0.15, 0.2) is 5.82 Å². The van der Waals surface area contributed by atoms with Crippen LogP contribution in [0.4, 0.5) is 11.5 Å². The second-order valence-electron chi connectivity index (χ2n) is 5.15. The molecule has 9 heteroatoms. The van der Waals surface area contributed by atoms with Crippen LogP contribution in [0.5, 0.6) is 5.75 Å². The number of sulfonamides is 1. The number of methoxy groups -OCH3 is 1. The number of anilines is 2. The van der Waals surface area contributed by atoms with Crippen LogP contribution in [0.2, 0.25) is 0 Å². The van der Waals surface area contributed by atoms with Crippen LogP contribution in [0.15, 0.2) is 34.9 Å². The van der Waals surface area contributed by atoms with Crippen molar-refractivity contribution in [1.29, 1.82) is 0 Å². The smallest absolute Gasteiger partial charge is 0.232 e. The minimum absolute atomic E-state index is 0.00777. The van der Waals surface area contributed by atoms with Crippen molar-refractivity contribution < 1.29 is 22.5 Å². The molecule has 24 heavy (non-hydrogen) atoms. The van der Waals surface area contributed by atoms with Crippen molar-refractivity contribution in [2.45, 2.75) is 13.3 Å². The number of ether oxygens (including phenoxy) is 1. The second-order valence-corrected chi connectivity index (χ2v) is 7.06. The minimum Gasteiger partial charge on any atom is -0.497 e. The molecule has 0 aliphatic rings. The third-order valence-electron chi connectivity index (χ3n) is 3.20. The first kappa shape index (κ1) is 17.8. The van der Waals surface area contributed by atoms with E-state index in [2.05, 4.69) is 10.5 Å². The van der Waals surface area contributed by atoms with Crippen LogP contribution in [0.25, 0.3) is 0 Å². The Balaban J connectivity index is 2.05. The van der Waals surface area contributed by atoms with Gasteiger partial charge >= 0.3 is 0 Å². The van der Waals surface area contributed by atoms with Crippen molar-refractivity contribution in [1.82, 2.24) is 5.16 Å². The van der Waals surface area contributed by atoms with Gasteiger partial charge in [0.05, 0.1) is 19.1 Å². The van der Waals surface area contributed by atoms with E-state index in [-0.39, 0.29) is 18.9 Å². The quantitative estimate of drug-likeness (QED) is 0.814. The summed E-state index contributed by atoms with van der Waals surface area (Å²) in [6, 6.07) is 8.14. The number of aryl methyl sites for hydroxylation is 1. The largest absolute Gasteiger partial charge is 0.497 e. The predicted octanol–water partition coefficient (Wildman–Crippen LogP) is 1.79. The lowest BCUT2D eigenvalue weighted by molar-refractivity contribution is -0.116. The second kappa shape index (κ2) is 7.35. The van der Waals surface area contributed by atoms with Crippen LogP contribution in [0, 0.1) is 6.92 Å². The molecule has 0 saturated carbocycles. The Bertz CT molecular complexity index is 799. The van der Waals surface area contributed by atoms with Crippen molar-refractivity contribution in [3.8, 4) is 5.75 Å². The van der Waals surface area contributed by atoms with Gasteiger partial charge in [0, 0.05) is 19.0 Å². The minimum atomic E-state index is -3.52. The predicted molar refractivity (Wildman–Crippen MR) is 89.7 cm³/mol. The number of hydrogen-bond acceptors (Lipinski definition) is 6. The van der Waals surface area contributed by atoms with Crippen molar-refractivity contribution in [2.24, 2.45) is 0 Å². The highest BCUT2D eigenvalue weighted by molar-refractivity contribution is 7.92. The number of carbonyl (C=O) groups is 1. The Morgan fingerprint density at radius 2 is 2.00 bits per heavy atom. The monoisotopic (exact) mass is 353 g/mol. The van der Waals surface area contributed by atoms with Gasteiger partial charge in [-0.05, 0) is 31.2 Å². The molecule has 0 unspecified atom stereocenters. The van der Waals surface area contributed by atoms with E-state index in [4.69, 9.17) is 9.26 Å². The molecule has 0 bridgehead atoms. The van der Waals surface area contributed by atoms with E-state index in [1.165, 1.54) is 11.4 Å². The molecule has 8 nitrogen and oxygen atoms in total. The molecule has 0 atom stereocenters. The molecule has 1 amide bonds. The summed E-state index contributed by atoms with van der Waals surface area (Å²) in [6.07, 6.45) is 1.07. The number of benzene rings is 1. The van der Waals surface area contributed by atoms with Crippen molar-refractivity contribution in [2.75, 3.05) is 29.5 Å². The molecular formula is C15H19N3O5S. The number of aromatic nitrogens is 1. The standard InChI is InChI=1S/C15H19N3O5S/c1-11-10-14(17-23-11)16-15(19)8-9-18(24(3,20)21)12-4-6-13(22-2)7-5-12/h4-7,10H,8-9H2,1-3H3,(H,16,17,19). The molecule has 1 aromatic carbocycles. The van der Waals surface area contributed by atoms with Crippen LogP contribution in [-0.2, 0) is 14.8 Å². The van der Waals surface area contributed by atoms with Gasteiger partial charge in [-0.3, -0.25) is 9.10 Å². The summed E-state index contributed by atoms with van der Waals surface area (Å²) in [6.45, 7) is 1.71. The van der Waals surface area contributed by atoms with Crippen LogP contribution >= 0.6 is 0 Å². The van der Waals surface area contributed by atoms with E-state index < -0.39 is 10.0 Å². The zero-order chi connectivity index (χ0) is 17.7. The fourth-order valence-electron chi connectivity index (χ4n) is 2.07. The summed E-state index contributed by atoms with van der Waals surface area (Å²) in [4.78, 5) is 12.0. The molecule has 0 fully saturated rings. The third-order valence-corrected chi connectivity index (χ3v) is 4.39. The van der Waals surface area contributed by atoms with Gasteiger partial charge in [-0.2, -0.15) is 0 Å². The topological polar surface area (TPSA) is 102 Å². The molecule has 0 aliphatic heterocycles. The highest BCUT2D eigenvalue weighted by Gasteiger charge is 2.19. The molecule has 1 heterocycles. The normalized spacial score (nSPS) is 11.1. The lowest BCUT2D eigenvalue weighted by Crippen LogP contribution is -2.33. The van der Waals surface area contributed by atoms with E-state index in [1.807, 2.05) is 0 Å². The Morgan fingerprint density at radius 1 is 1.33 bits per heavy atom. The first-order chi connectivity index (χ1) is 11.3. The molecule has 2 rings (SSSR count). The number of amides is 1. The van der Waals surface area contributed by atoms with Gasteiger partial charge in [-0.15, -0.1) is 0 Å². The van der Waals surface area contributed by atoms with E-state index in [1.54, 1.807) is 37.3 Å². The van der Waals surface area contributed by atoms with Crippen LogP contribution in [0.3, 0.4) is 0 Å². The molecule has 130 valence electrons. The van der Waals surface area contributed by atoms with Gasteiger partial charge in [0.2, 0.25) is 15.9 Å². The summed E-state index contributed by atoms with van der Waals surface area (Å²) in [7, 11) is -2.00. The average Bonchev–Trinajstić information content (AvgIpc) is 2.91. The lowest BCUT2D eigenvalue weighted by atomic mass is 10.3. The summed E-state index contributed by atoms with van der Waals surface area (Å²) in [5.74, 6) is 1.13. The Labute approximate surface area is 140 Å². The van der Waals surface area contributed by atoms with E-state index >= 15 is 0 Å². The van der Waals surface area contributed by atoms with Gasteiger partial charge in [0.1, 0.15) is 11.5 Å². The Morgan fingerprint density at radius 3 is 2.50 bits per heavy atom. The molecular weight excluding hydrogens is 334 g/mol. The number of rotatable bonds is 7. The maximum Gasteiger partial charge on any atom is 0.232 e. The van der Waals surface area contributed by atoms with Crippen molar-refractivity contribution in [3.05, 3.63) is 36.1 Å². The molecule has 0 radical (unpaired) electrons. The summed E-state index contributed by atoms with van der Waals surface area (Å²) < 4.78 is 35.1. The number of nitrogens with zero attached hydrogens (tertiary/aromatic N) is 2. The Hall–Kier alpha value is -2.55. The maximum atomic E-state index is 12.0. The first-order valence-electron chi connectivity index (χ1n) is 7.14. The maximum absolute atomic E-state index is 12.0. The third kappa shape index (κ3) is 4.72. The zero-order valence-electron chi connectivity index (χ0n) is 13.6. The molecule has 0 saturated heterocycles. The van der Waals surface area contributed by atoms with Crippen LogP contribution in [0.1, 0.15) is 12.2 Å². The average molecular weight is 353 g/mol. The highest BCUT2D eigenvalue weighted by Crippen LogP contribution is 2.21. The van der Waals surface area contributed by atoms with E-state index in [9.17, 15) is 13.2 Å². The van der Waals surface area contributed by atoms with E-state index in [0.29, 0.717) is 23.0 Å². The summed E-state index contributed by atoms with van der Waals surface area (Å²) >= 11 is 0. The van der Waals surface area contributed by atoms with Gasteiger partial charge < -0.3 is 14.6 Å². The zero-order valence-corrected chi connectivity index (χ0v) is 14.5. The Kier molecular flexibility index (Phi) is 5.45. The fraction of sp³-hybridized carbons (Fsp3) is 0.333. The molecule has 2 aromatic rings. The molecule has 0 spiro atoms. The van der Waals surface area contributed by atoms with Crippen LogP contribution in [-0.4, -0.2) is 39.4 Å². The number of nitrogens with one attached hydrogen (secondary N) is 1. The van der Waals surface area contributed by atoms with Crippen molar-refractivity contribution in [3.63, 3.8) is 0 Å². The van der Waals surface area contributed by atoms with E-state index in [0.717, 1.165) is 6.26 Å². The molecule has 1 aromatic heterocycles.